The van der Waals surface area contributed by atoms with E-state index >= 15 is 0 Å². The normalized spacial score (nSPS) is 18.1. The molecule has 0 aromatic carbocycles. The van der Waals surface area contributed by atoms with Crippen LogP contribution in [0.4, 0.5) is 0 Å². The molecule has 0 saturated heterocycles. The second-order valence-corrected chi connectivity index (χ2v) is 5.43. The molecule has 1 fully saturated rings. The average Bonchev–Trinajstić information content (AvgIpc) is 3.04. The van der Waals surface area contributed by atoms with Gasteiger partial charge in [-0.25, -0.2) is 4.98 Å². The quantitative estimate of drug-likeness (QED) is 0.913. The molecule has 1 aliphatic carbocycles. The lowest BCUT2D eigenvalue weighted by molar-refractivity contribution is 0.397. The van der Waals surface area contributed by atoms with Crippen molar-refractivity contribution in [1.82, 2.24) is 14.5 Å². The van der Waals surface area contributed by atoms with Crippen LogP contribution in [0.5, 0.6) is 5.88 Å². The minimum atomic E-state index is 0.0861. The van der Waals surface area contributed by atoms with E-state index in [1.807, 2.05) is 11.6 Å². The van der Waals surface area contributed by atoms with E-state index in [2.05, 4.69) is 16.2 Å². The molecule has 5 nitrogen and oxygen atoms in total. The van der Waals surface area contributed by atoms with Crippen LogP contribution < -0.4 is 10.5 Å². The molecule has 0 atom stereocenters. The molecule has 102 valence electrons. The first-order valence-corrected chi connectivity index (χ1v) is 6.77. The number of ether oxygens (including phenoxy) is 1. The highest BCUT2D eigenvalue weighted by atomic mass is 16.5. The topological polar surface area (TPSA) is 66.0 Å². The van der Waals surface area contributed by atoms with E-state index in [0.717, 1.165) is 24.0 Å². The zero-order valence-corrected chi connectivity index (χ0v) is 11.5. The van der Waals surface area contributed by atoms with E-state index < -0.39 is 0 Å². The fourth-order valence-electron chi connectivity index (χ4n) is 3.24. The van der Waals surface area contributed by atoms with Crippen LogP contribution in [0.1, 0.15) is 31.2 Å². The van der Waals surface area contributed by atoms with Crippen molar-refractivity contribution in [2.45, 2.75) is 31.1 Å². The minimum absolute atomic E-state index is 0.0861. The maximum atomic E-state index is 6.08. The Hall–Kier alpha value is -1.62. The zero-order chi connectivity index (χ0) is 13.5. The largest absolute Gasteiger partial charge is 0.480 e. The molecular formula is C14H20N4O. The van der Waals surface area contributed by atoms with Gasteiger partial charge in [-0.15, -0.1) is 0 Å². The Morgan fingerprint density at radius 2 is 2.16 bits per heavy atom. The van der Waals surface area contributed by atoms with Crippen LogP contribution in [-0.2, 0) is 12.5 Å². The number of aromatic nitrogens is 3. The number of methoxy groups -OCH3 is 1. The molecule has 5 heteroatoms. The molecule has 1 saturated carbocycles. The molecule has 0 unspecified atom stereocenters. The van der Waals surface area contributed by atoms with Gasteiger partial charge in [-0.2, -0.15) is 4.98 Å². The molecule has 19 heavy (non-hydrogen) atoms. The number of hydrogen-bond donors (Lipinski definition) is 1. The summed E-state index contributed by atoms with van der Waals surface area (Å²) in [7, 11) is 3.61. The van der Waals surface area contributed by atoms with Crippen molar-refractivity contribution in [1.29, 1.82) is 0 Å². The van der Waals surface area contributed by atoms with Gasteiger partial charge in [-0.05, 0) is 12.8 Å². The third-order valence-electron chi connectivity index (χ3n) is 4.38. The number of fused-ring (bicyclic) bond motifs is 1. The van der Waals surface area contributed by atoms with Gasteiger partial charge in [0, 0.05) is 30.8 Å². The van der Waals surface area contributed by atoms with Crippen molar-refractivity contribution in [3.63, 3.8) is 0 Å². The molecule has 0 amide bonds. The van der Waals surface area contributed by atoms with E-state index in [4.69, 9.17) is 10.5 Å². The van der Waals surface area contributed by atoms with E-state index in [0.29, 0.717) is 12.4 Å². The van der Waals surface area contributed by atoms with Gasteiger partial charge >= 0.3 is 0 Å². The van der Waals surface area contributed by atoms with Crippen molar-refractivity contribution in [3.8, 4) is 5.88 Å². The van der Waals surface area contributed by atoms with Crippen molar-refractivity contribution < 1.29 is 4.74 Å². The maximum absolute atomic E-state index is 6.08. The summed E-state index contributed by atoms with van der Waals surface area (Å²) in [5.74, 6) is 0.550. The van der Waals surface area contributed by atoms with Gasteiger partial charge in [0.1, 0.15) is 5.52 Å². The summed E-state index contributed by atoms with van der Waals surface area (Å²) in [5.41, 5.74) is 9.25. The van der Waals surface area contributed by atoms with Crippen LogP contribution in [0.2, 0.25) is 0 Å². The van der Waals surface area contributed by atoms with Crippen LogP contribution >= 0.6 is 0 Å². The fourth-order valence-corrected chi connectivity index (χ4v) is 3.24. The zero-order valence-electron chi connectivity index (χ0n) is 11.5. The van der Waals surface area contributed by atoms with Gasteiger partial charge in [0.05, 0.1) is 13.3 Å². The van der Waals surface area contributed by atoms with Gasteiger partial charge in [-0.1, -0.05) is 12.8 Å². The van der Waals surface area contributed by atoms with Crippen LogP contribution in [0.15, 0.2) is 12.4 Å². The first kappa shape index (κ1) is 12.4. The molecule has 2 heterocycles. The predicted octanol–water partition coefficient (Wildman–Crippen LogP) is 1.75. The van der Waals surface area contributed by atoms with Crippen LogP contribution in [-0.4, -0.2) is 28.2 Å². The lowest BCUT2D eigenvalue weighted by Crippen LogP contribution is -2.31. The van der Waals surface area contributed by atoms with Crippen molar-refractivity contribution in [3.05, 3.63) is 18.0 Å². The van der Waals surface area contributed by atoms with E-state index in [-0.39, 0.29) is 5.41 Å². The molecule has 0 spiro atoms. The molecule has 2 aromatic heterocycles. The van der Waals surface area contributed by atoms with Gasteiger partial charge in [0.25, 0.3) is 0 Å². The Bertz CT molecular complexity index is 599. The van der Waals surface area contributed by atoms with Crippen molar-refractivity contribution in [2.24, 2.45) is 12.8 Å². The summed E-state index contributed by atoms with van der Waals surface area (Å²) in [4.78, 5) is 9.03. The third kappa shape index (κ3) is 1.80. The number of rotatable bonds is 3. The summed E-state index contributed by atoms with van der Waals surface area (Å²) in [6.07, 6.45) is 8.62. The minimum Gasteiger partial charge on any atom is -0.480 e. The molecule has 0 aliphatic heterocycles. The molecule has 1 aliphatic rings. The summed E-state index contributed by atoms with van der Waals surface area (Å²) < 4.78 is 7.18. The Labute approximate surface area is 112 Å². The number of aryl methyl sites for hydroxylation is 1. The Kier molecular flexibility index (Phi) is 2.93. The lowest BCUT2D eigenvalue weighted by Gasteiger charge is -2.26. The molecular weight excluding hydrogens is 240 g/mol. The van der Waals surface area contributed by atoms with Gasteiger partial charge in [-0.3, -0.25) is 0 Å². The maximum Gasteiger partial charge on any atom is 0.234 e. The molecule has 0 radical (unpaired) electrons. The van der Waals surface area contributed by atoms with Gasteiger partial charge in [0.2, 0.25) is 5.88 Å². The second kappa shape index (κ2) is 4.49. The smallest absolute Gasteiger partial charge is 0.234 e. The first-order chi connectivity index (χ1) is 9.20. The second-order valence-electron chi connectivity index (χ2n) is 5.43. The van der Waals surface area contributed by atoms with E-state index in [9.17, 15) is 0 Å². The highest BCUT2D eigenvalue weighted by Crippen LogP contribution is 2.42. The summed E-state index contributed by atoms with van der Waals surface area (Å²) in [5, 5.41) is 0. The van der Waals surface area contributed by atoms with Gasteiger partial charge in [0.15, 0.2) is 5.65 Å². The predicted molar refractivity (Wildman–Crippen MR) is 74.3 cm³/mol. The SMILES string of the molecule is COc1cnc2c(C3(CN)CCCC3)cn(C)c2n1. The lowest BCUT2D eigenvalue weighted by atomic mass is 9.80. The summed E-state index contributed by atoms with van der Waals surface area (Å²) in [6, 6.07) is 0. The first-order valence-electron chi connectivity index (χ1n) is 6.77. The van der Waals surface area contributed by atoms with Gasteiger partial charge < -0.3 is 15.0 Å². The monoisotopic (exact) mass is 260 g/mol. The highest BCUT2D eigenvalue weighted by Gasteiger charge is 2.37. The molecule has 2 N–H and O–H groups in total. The third-order valence-corrected chi connectivity index (χ3v) is 4.38. The number of hydrogen-bond acceptors (Lipinski definition) is 4. The highest BCUT2D eigenvalue weighted by molar-refractivity contribution is 5.77. The standard InChI is InChI=1S/C14H20N4O/c1-18-8-10(14(9-15)5-3-4-6-14)12-13(18)17-11(19-2)7-16-12/h7-8H,3-6,9,15H2,1-2H3. The van der Waals surface area contributed by atoms with E-state index in [1.54, 1.807) is 13.3 Å². The Morgan fingerprint density at radius 3 is 2.79 bits per heavy atom. The Morgan fingerprint density at radius 1 is 1.42 bits per heavy atom. The van der Waals surface area contributed by atoms with Crippen LogP contribution in [0.25, 0.3) is 11.2 Å². The number of nitrogens with two attached hydrogens (primary N) is 1. The number of nitrogens with zero attached hydrogens (tertiary/aromatic N) is 3. The molecule has 0 bridgehead atoms. The van der Waals surface area contributed by atoms with Crippen LogP contribution in [0, 0.1) is 0 Å². The van der Waals surface area contributed by atoms with E-state index in [1.165, 1.54) is 18.4 Å². The van der Waals surface area contributed by atoms with Crippen molar-refractivity contribution >= 4 is 11.2 Å². The van der Waals surface area contributed by atoms with Crippen molar-refractivity contribution in [2.75, 3.05) is 13.7 Å². The summed E-state index contributed by atoms with van der Waals surface area (Å²) in [6.45, 7) is 0.680. The van der Waals surface area contributed by atoms with Crippen LogP contribution in [0.3, 0.4) is 0 Å². The molecule has 3 rings (SSSR count). The average molecular weight is 260 g/mol. The molecule has 2 aromatic rings. The summed E-state index contributed by atoms with van der Waals surface area (Å²) >= 11 is 0. The fraction of sp³-hybridized carbons (Fsp3) is 0.571. The Balaban J connectivity index is 2.19.